The zero-order chi connectivity index (χ0) is 17.6. The molecule has 1 saturated heterocycles. The van der Waals surface area contributed by atoms with Crippen LogP contribution in [0, 0.1) is 0 Å². The van der Waals surface area contributed by atoms with Gasteiger partial charge in [0.2, 0.25) is 5.91 Å². The molecule has 1 unspecified atom stereocenters. The summed E-state index contributed by atoms with van der Waals surface area (Å²) in [5.41, 5.74) is 3.25. The average Bonchev–Trinajstić information content (AvgIpc) is 2.94. The van der Waals surface area contributed by atoms with E-state index in [0.29, 0.717) is 13.0 Å². The highest BCUT2D eigenvalue weighted by Crippen LogP contribution is 2.23. The minimum atomic E-state index is -0.337. The van der Waals surface area contributed by atoms with Crippen LogP contribution >= 0.6 is 24.2 Å². The molecule has 0 radical (unpaired) electrons. The van der Waals surface area contributed by atoms with Crippen LogP contribution in [-0.4, -0.2) is 28.0 Å². The third kappa shape index (κ3) is 6.53. The molecule has 1 aromatic carbocycles. The average molecular weight is 410 g/mol. The molecule has 1 aliphatic heterocycles. The number of thioether (sulfide) groups is 1. The number of amides is 2. The Morgan fingerprint density at radius 2 is 1.81 bits per heavy atom. The standard InChI is InChI=1S/C19H20N2O3S.ClH.H3N/c1-2-13-3-6-15(20-12-13)9-10-24-16-7-4-14(5-8-16)11-17-18(22)21-19(23)25-17;;/h3-8,12,17H,2,9-11H2,1H3,(H,21,22,23);1H;1H3. The maximum absolute atomic E-state index is 11.6. The number of nitrogens with one attached hydrogen (secondary N) is 1. The van der Waals surface area contributed by atoms with Crippen LogP contribution in [0.5, 0.6) is 5.75 Å². The number of carbonyl (C=O) groups is 2. The van der Waals surface area contributed by atoms with Crippen LogP contribution in [0.25, 0.3) is 0 Å². The number of ether oxygens (including phenoxy) is 1. The van der Waals surface area contributed by atoms with E-state index in [1.54, 1.807) is 0 Å². The van der Waals surface area contributed by atoms with Gasteiger partial charge >= 0.3 is 0 Å². The van der Waals surface area contributed by atoms with Crippen molar-refractivity contribution in [1.29, 1.82) is 0 Å². The lowest BCUT2D eigenvalue weighted by molar-refractivity contribution is -0.118. The lowest BCUT2D eigenvalue weighted by Gasteiger charge is -2.09. The van der Waals surface area contributed by atoms with Crippen molar-refractivity contribution in [2.75, 3.05) is 6.61 Å². The normalized spacial score (nSPS) is 15.5. The summed E-state index contributed by atoms with van der Waals surface area (Å²) in [4.78, 5) is 27.2. The molecule has 146 valence electrons. The fraction of sp³-hybridized carbons (Fsp3) is 0.316. The van der Waals surface area contributed by atoms with Crippen molar-refractivity contribution in [2.45, 2.75) is 31.4 Å². The maximum atomic E-state index is 11.6. The van der Waals surface area contributed by atoms with E-state index < -0.39 is 0 Å². The lowest BCUT2D eigenvalue weighted by Crippen LogP contribution is -2.25. The Kier molecular flexibility index (Phi) is 9.28. The molecule has 0 aliphatic carbocycles. The number of hydrogen-bond donors (Lipinski definition) is 2. The molecule has 2 amide bonds. The predicted molar refractivity (Wildman–Crippen MR) is 110 cm³/mol. The van der Waals surface area contributed by atoms with Crippen molar-refractivity contribution >= 4 is 35.3 Å². The number of aromatic nitrogens is 1. The monoisotopic (exact) mass is 409 g/mol. The largest absolute Gasteiger partial charge is 0.493 e. The molecule has 1 aliphatic rings. The number of carbonyl (C=O) groups excluding carboxylic acids is 2. The van der Waals surface area contributed by atoms with Crippen LogP contribution in [-0.2, 0) is 24.1 Å². The Morgan fingerprint density at radius 3 is 2.37 bits per heavy atom. The van der Waals surface area contributed by atoms with Crippen molar-refractivity contribution in [3.63, 3.8) is 0 Å². The predicted octanol–water partition coefficient (Wildman–Crippen LogP) is 3.74. The SMILES string of the molecule is CCc1ccc(CCOc2ccc(CC3SC(=O)NC3=O)cc2)nc1.Cl.N. The molecule has 2 aromatic rings. The van der Waals surface area contributed by atoms with Gasteiger partial charge in [0, 0.05) is 18.3 Å². The minimum Gasteiger partial charge on any atom is -0.493 e. The van der Waals surface area contributed by atoms with Gasteiger partial charge in [0.25, 0.3) is 5.24 Å². The van der Waals surface area contributed by atoms with Crippen molar-refractivity contribution in [2.24, 2.45) is 0 Å². The fourth-order valence-corrected chi connectivity index (χ4v) is 3.41. The molecule has 1 aromatic heterocycles. The second-order valence-corrected chi connectivity index (χ2v) is 7.02. The maximum Gasteiger partial charge on any atom is 0.286 e. The number of imide groups is 1. The molecule has 0 bridgehead atoms. The summed E-state index contributed by atoms with van der Waals surface area (Å²) in [7, 11) is 0. The summed E-state index contributed by atoms with van der Waals surface area (Å²) in [5, 5.41) is 1.70. The van der Waals surface area contributed by atoms with Crippen molar-refractivity contribution in [3.8, 4) is 5.75 Å². The number of rotatable bonds is 7. The molecule has 1 atom stereocenters. The van der Waals surface area contributed by atoms with Crippen LogP contribution in [0.2, 0.25) is 0 Å². The number of hydrogen-bond acceptors (Lipinski definition) is 6. The summed E-state index contributed by atoms with van der Waals surface area (Å²) in [6, 6.07) is 11.8. The first kappa shape index (κ1) is 23.0. The molecule has 8 heteroatoms. The van der Waals surface area contributed by atoms with E-state index in [-0.39, 0.29) is 35.0 Å². The summed E-state index contributed by atoms with van der Waals surface area (Å²) < 4.78 is 5.75. The van der Waals surface area contributed by atoms with Gasteiger partial charge in [0.05, 0.1) is 11.9 Å². The number of pyridine rings is 1. The van der Waals surface area contributed by atoms with Gasteiger partial charge < -0.3 is 10.9 Å². The highest BCUT2D eigenvalue weighted by molar-refractivity contribution is 8.15. The third-order valence-electron chi connectivity index (χ3n) is 4.03. The zero-order valence-corrected chi connectivity index (χ0v) is 16.8. The molecule has 4 N–H and O–H groups in total. The van der Waals surface area contributed by atoms with Crippen LogP contribution in [0.15, 0.2) is 42.6 Å². The van der Waals surface area contributed by atoms with E-state index in [4.69, 9.17) is 4.74 Å². The van der Waals surface area contributed by atoms with Gasteiger partial charge in [0.15, 0.2) is 0 Å². The van der Waals surface area contributed by atoms with Crippen LogP contribution in [0.3, 0.4) is 0 Å². The van der Waals surface area contributed by atoms with E-state index >= 15 is 0 Å². The van der Waals surface area contributed by atoms with E-state index in [1.807, 2.05) is 36.5 Å². The summed E-state index contributed by atoms with van der Waals surface area (Å²) in [5.74, 6) is 0.574. The summed E-state index contributed by atoms with van der Waals surface area (Å²) >= 11 is 1.05. The first-order chi connectivity index (χ1) is 12.1. The minimum absolute atomic E-state index is 0. The van der Waals surface area contributed by atoms with Gasteiger partial charge in [-0.25, -0.2) is 0 Å². The van der Waals surface area contributed by atoms with Crippen molar-refractivity contribution in [3.05, 3.63) is 59.4 Å². The van der Waals surface area contributed by atoms with Gasteiger partial charge in [-0.2, -0.15) is 0 Å². The highest BCUT2D eigenvalue weighted by atomic mass is 35.5. The second-order valence-electron chi connectivity index (χ2n) is 5.84. The Morgan fingerprint density at radius 1 is 1.11 bits per heavy atom. The number of nitrogens with zero attached hydrogens (tertiary/aromatic N) is 1. The molecule has 0 spiro atoms. The van der Waals surface area contributed by atoms with Crippen LogP contribution < -0.4 is 16.2 Å². The van der Waals surface area contributed by atoms with Gasteiger partial charge in [-0.3, -0.25) is 19.9 Å². The van der Waals surface area contributed by atoms with Crippen LogP contribution in [0.4, 0.5) is 4.79 Å². The van der Waals surface area contributed by atoms with E-state index in [0.717, 1.165) is 41.6 Å². The first-order valence-electron chi connectivity index (χ1n) is 8.31. The Balaban J connectivity index is 0.00000182. The van der Waals surface area contributed by atoms with E-state index in [2.05, 4.69) is 23.3 Å². The molecule has 3 rings (SSSR count). The topological polar surface area (TPSA) is 103 Å². The number of aryl methyl sites for hydroxylation is 1. The van der Waals surface area contributed by atoms with E-state index in [9.17, 15) is 9.59 Å². The Labute approximate surface area is 169 Å². The second kappa shape index (κ2) is 10.9. The zero-order valence-electron chi connectivity index (χ0n) is 15.1. The molecular weight excluding hydrogens is 386 g/mol. The van der Waals surface area contributed by atoms with Crippen molar-refractivity contribution < 1.29 is 14.3 Å². The third-order valence-corrected chi connectivity index (χ3v) is 5.01. The molecule has 0 saturated carbocycles. The molecule has 27 heavy (non-hydrogen) atoms. The summed E-state index contributed by atoms with van der Waals surface area (Å²) in [6.07, 6.45) is 4.19. The van der Waals surface area contributed by atoms with Gasteiger partial charge in [0.1, 0.15) is 5.75 Å². The molecule has 6 nitrogen and oxygen atoms in total. The molecular formula is C19H24ClN3O3S. The summed E-state index contributed by atoms with van der Waals surface area (Å²) in [6.45, 7) is 2.67. The van der Waals surface area contributed by atoms with Gasteiger partial charge in [-0.1, -0.05) is 36.9 Å². The Hall–Kier alpha value is -2.09. The lowest BCUT2D eigenvalue weighted by atomic mass is 10.1. The Bertz CT molecular complexity index is 754. The fourth-order valence-electron chi connectivity index (χ4n) is 2.55. The quantitative estimate of drug-likeness (QED) is 0.721. The smallest absolute Gasteiger partial charge is 0.286 e. The van der Waals surface area contributed by atoms with E-state index in [1.165, 1.54) is 5.56 Å². The molecule has 1 fully saturated rings. The number of benzene rings is 1. The van der Waals surface area contributed by atoms with Crippen LogP contribution in [0.1, 0.15) is 23.7 Å². The first-order valence-corrected chi connectivity index (χ1v) is 9.19. The van der Waals surface area contributed by atoms with Gasteiger partial charge in [-0.15, -0.1) is 12.4 Å². The molecule has 2 heterocycles. The number of halogens is 1. The highest BCUT2D eigenvalue weighted by Gasteiger charge is 2.31. The van der Waals surface area contributed by atoms with Gasteiger partial charge in [-0.05, 0) is 42.2 Å². The van der Waals surface area contributed by atoms with Crippen molar-refractivity contribution in [1.82, 2.24) is 16.5 Å².